The van der Waals surface area contributed by atoms with Crippen molar-refractivity contribution < 1.29 is 4.39 Å². The van der Waals surface area contributed by atoms with E-state index in [1.165, 1.54) is 12.1 Å². The maximum atomic E-state index is 12.9. The van der Waals surface area contributed by atoms with Gasteiger partial charge in [-0.3, -0.25) is 0 Å². The van der Waals surface area contributed by atoms with Crippen LogP contribution in [0, 0.1) is 5.82 Å². The Bertz CT molecular complexity index is 557. The van der Waals surface area contributed by atoms with Crippen molar-refractivity contribution in [2.45, 2.75) is 19.4 Å². The first-order valence-electron chi connectivity index (χ1n) is 6.07. The molecule has 0 spiro atoms. The summed E-state index contributed by atoms with van der Waals surface area (Å²) < 4.78 is 13.8. The predicted octanol–water partition coefficient (Wildman–Crippen LogP) is 5.80. The van der Waals surface area contributed by atoms with Gasteiger partial charge in [-0.1, -0.05) is 30.7 Å². The van der Waals surface area contributed by atoms with E-state index >= 15 is 0 Å². The average Bonchev–Trinajstić information content (AvgIpc) is 2.41. The molecule has 1 N–H and O–H groups in total. The topological polar surface area (TPSA) is 12.0 Å². The molecule has 2 aromatic rings. The molecule has 0 aromatic heterocycles. The smallest absolute Gasteiger partial charge is 0.123 e. The first-order chi connectivity index (χ1) is 9.10. The fourth-order valence-corrected chi connectivity index (χ4v) is 2.40. The molecule has 0 aliphatic rings. The van der Waals surface area contributed by atoms with Crippen molar-refractivity contribution in [3.8, 4) is 0 Å². The molecule has 0 radical (unpaired) electrons. The van der Waals surface area contributed by atoms with Crippen LogP contribution in [0.3, 0.4) is 0 Å². The van der Waals surface area contributed by atoms with Gasteiger partial charge in [0.1, 0.15) is 5.82 Å². The summed E-state index contributed by atoms with van der Waals surface area (Å²) in [7, 11) is 0. The lowest BCUT2D eigenvalue weighted by Crippen LogP contribution is -2.09. The van der Waals surface area contributed by atoms with Crippen molar-refractivity contribution >= 4 is 33.2 Å². The molecule has 0 amide bonds. The number of anilines is 1. The van der Waals surface area contributed by atoms with E-state index in [0.29, 0.717) is 5.02 Å². The molecule has 1 atom stereocenters. The van der Waals surface area contributed by atoms with E-state index < -0.39 is 0 Å². The summed E-state index contributed by atoms with van der Waals surface area (Å²) in [4.78, 5) is 0. The summed E-state index contributed by atoms with van der Waals surface area (Å²) in [5.74, 6) is -0.215. The van der Waals surface area contributed by atoms with Crippen molar-refractivity contribution in [3.05, 3.63) is 63.3 Å². The Hall–Kier alpha value is -1.06. The number of halogens is 3. The minimum atomic E-state index is -0.215. The molecule has 0 heterocycles. The highest BCUT2D eigenvalue weighted by Gasteiger charge is 2.10. The first kappa shape index (κ1) is 14.4. The Balaban J connectivity index is 2.18. The van der Waals surface area contributed by atoms with Crippen LogP contribution in [0.5, 0.6) is 0 Å². The standard InChI is InChI=1S/C15H14BrClFN/c1-2-15(10-3-5-11(18)6-4-10)19-12-7-8-14(17)13(16)9-12/h3-9,15,19H,2H2,1H3. The van der Waals surface area contributed by atoms with Gasteiger partial charge in [-0.25, -0.2) is 4.39 Å². The molecule has 0 bridgehead atoms. The van der Waals surface area contributed by atoms with Crippen molar-refractivity contribution in [3.63, 3.8) is 0 Å². The van der Waals surface area contributed by atoms with Gasteiger partial charge < -0.3 is 5.32 Å². The lowest BCUT2D eigenvalue weighted by Gasteiger charge is -2.19. The fourth-order valence-electron chi connectivity index (χ4n) is 1.90. The van der Waals surface area contributed by atoms with Gasteiger partial charge in [0.15, 0.2) is 0 Å². The molecule has 19 heavy (non-hydrogen) atoms. The quantitative estimate of drug-likeness (QED) is 0.740. The molecular formula is C15H14BrClFN. The highest BCUT2D eigenvalue weighted by atomic mass is 79.9. The molecule has 0 saturated heterocycles. The summed E-state index contributed by atoms with van der Waals surface area (Å²) in [6.45, 7) is 2.09. The highest BCUT2D eigenvalue weighted by Crippen LogP contribution is 2.28. The molecule has 2 aromatic carbocycles. The number of benzene rings is 2. The van der Waals surface area contributed by atoms with Crippen molar-refractivity contribution in [1.82, 2.24) is 0 Å². The van der Waals surface area contributed by atoms with E-state index in [0.717, 1.165) is 22.1 Å². The van der Waals surface area contributed by atoms with Crippen molar-refractivity contribution in [1.29, 1.82) is 0 Å². The van der Waals surface area contributed by atoms with Gasteiger partial charge in [-0.05, 0) is 58.2 Å². The Morgan fingerprint density at radius 2 is 1.89 bits per heavy atom. The van der Waals surface area contributed by atoms with Crippen molar-refractivity contribution in [2.75, 3.05) is 5.32 Å². The van der Waals surface area contributed by atoms with Gasteiger partial charge in [-0.15, -0.1) is 0 Å². The Morgan fingerprint density at radius 1 is 1.21 bits per heavy atom. The van der Waals surface area contributed by atoms with Gasteiger partial charge in [0, 0.05) is 10.2 Å². The largest absolute Gasteiger partial charge is 0.378 e. The van der Waals surface area contributed by atoms with Gasteiger partial charge in [0.05, 0.1) is 11.1 Å². The van der Waals surface area contributed by atoms with Crippen molar-refractivity contribution in [2.24, 2.45) is 0 Å². The lowest BCUT2D eigenvalue weighted by atomic mass is 10.0. The fraction of sp³-hybridized carbons (Fsp3) is 0.200. The zero-order valence-corrected chi connectivity index (χ0v) is 12.8. The zero-order chi connectivity index (χ0) is 13.8. The number of nitrogens with one attached hydrogen (secondary N) is 1. The molecule has 100 valence electrons. The molecule has 0 saturated carbocycles. The second-order valence-electron chi connectivity index (χ2n) is 4.29. The lowest BCUT2D eigenvalue weighted by molar-refractivity contribution is 0.625. The van der Waals surface area contributed by atoms with Gasteiger partial charge in [0.2, 0.25) is 0 Å². The summed E-state index contributed by atoms with van der Waals surface area (Å²) in [5.41, 5.74) is 2.04. The Kier molecular flexibility index (Phi) is 4.83. The van der Waals surface area contributed by atoms with Crippen LogP contribution in [-0.4, -0.2) is 0 Å². The van der Waals surface area contributed by atoms with E-state index in [1.54, 1.807) is 0 Å². The van der Waals surface area contributed by atoms with E-state index in [9.17, 15) is 4.39 Å². The molecular weight excluding hydrogens is 329 g/mol. The third-order valence-electron chi connectivity index (χ3n) is 2.94. The summed E-state index contributed by atoms with van der Waals surface area (Å²) in [5, 5.41) is 4.10. The van der Waals surface area contributed by atoms with Crippen LogP contribution in [0.25, 0.3) is 0 Å². The zero-order valence-electron chi connectivity index (χ0n) is 10.5. The number of hydrogen-bond acceptors (Lipinski definition) is 1. The second kappa shape index (κ2) is 6.40. The van der Waals surface area contributed by atoms with E-state index in [4.69, 9.17) is 11.6 Å². The summed E-state index contributed by atoms with van der Waals surface area (Å²) >= 11 is 9.37. The SMILES string of the molecule is CCC(Nc1ccc(Cl)c(Br)c1)c1ccc(F)cc1. The van der Waals surface area contributed by atoms with Crippen LogP contribution in [0.15, 0.2) is 46.9 Å². The Labute approximate surface area is 125 Å². The maximum Gasteiger partial charge on any atom is 0.123 e. The maximum absolute atomic E-state index is 12.9. The van der Waals surface area contributed by atoms with Gasteiger partial charge in [0.25, 0.3) is 0 Å². The molecule has 2 rings (SSSR count). The molecule has 0 fully saturated rings. The molecule has 0 aliphatic carbocycles. The minimum absolute atomic E-state index is 0.147. The summed E-state index contributed by atoms with van der Waals surface area (Å²) in [6.07, 6.45) is 0.909. The second-order valence-corrected chi connectivity index (χ2v) is 5.55. The van der Waals surface area contributed by atoms with Crippen LogP contribution in [0.2, 0.25) is 5.02 Å². The third-order valence-corrected chi connectivity index (χ3v) is 4.16. The van der Waals surface area contributed by atoms with Gasteiger partial charge in [-0.2, -0.15) is 0 Å². The highest BCUT2D eigenvalue weighted by molar-refractivity contribution is 9.10. The average molecular weight is 343 g/mol. The normalized spacial score (nSPS) is 12.2. The minimum Gasteiger partial charge on any atom is -0.378 e. The summed E-state index contributed by atoms with van der Waals surface area (Å²) in [6, 6.07) is 12.4. The van der Waals surface area contributed by atoms with Crippen LogP contribution >= 0.6 is 27.5 Å². The number of rotatable bonds is 4. The van der Waals surface area contributed by atoms with E-state index in [1.807, 2.05) is 30.3 Å². The predicted molar refractivity (Wildman–Crippen MR) is 82.2 cm³/mol. The van der Waals surface area contributed by atoms with Crippen LogP contribution < -0.4 is 5.32 Å². The van der Waals surface area contributed by atoms with Gasteiger partial charge >= 0.3 is 0 Å². The molecule has 1 nitrogen and oxygen atoms in total. The Morgan fingerprint density at radius 3 is 2.47 bits per heavy atom. The number of hydrogen-bond donors (Lipinski definition) is 1. The van der Waals surface area contributed by atoms with Crippen LogP contribution in [0.1, 0.15) is 24.9 Å². The van der Waals surface area contributed by atoms with E-state index in [2.05, 4.69) is 28.2 Å². The van der Waals surface area contributed by atoms with Crippen LogP contribution in [0.4, 0.5) is 10.1 Å². The van der Waals surface area contributed by atoms with Crippen LogP contribution in [-0.2, 0) is 0 Å². The third kappa shape index (κ3) is 3.71. The molecule has 4 heteroatoms. The first-order valence-corrected chi connectivity index (χ1v) is 7.24. The van der Waals surface area contributed by atoms with E-state index in [-0.39, 0.29) is 11.9 Å². The monoisotopic (exact) mass is 341 g/mol. The molecule has 0 aliphatic heterocycles. The molecule has 1 unspecified atom stereocenters.